The number of hydrogen-bond donors (Lipinski definition) is 0. The van der Waals surface area contributed by atoms with Gasteiger partial charge in [-0.1, -0.05) is 37.5 Å². The molecule has 208 valence electrons. The molecule has 1 amide bonds. The first-order valence-electron chi connectivity index (χ1n) is 13.3. The van der Waals surface area contributed by atoms with Crippen LogP contribution in [-0.2, 0) is 0 Å². The van der Waals surface area contributed by atoms with E-state index in [0.717, 1.165) is 38.5 Å². The van der Waals surface area contributed by atoms with Gasteiger partial charge in [-0.2, -0.15) is 22.0 Å². The molecule has 1 saturated carbocycles. The number of amides is 1. The minimum Gasteiger partial charge on any atom is -0.493 e. The Labute approximate surface area is 219 Å². The Morgan fingerprint density at radius 3 is 2.13 bits per heavy atom. The summed E-state index contributed by atoms with van der Waals surface area (Å²) in [5.74, 6) is -4.11. The Morgan fingerprint density at radius 2 is 1.53 bits per heavy atom. The van der Waals surface area contributed by atoms with Crippen LogP contribution in [0.15, 0.2) is 42.5 Å². The fraction of sp³-hybridized carbons (Fsp3) is 0.552. The van der Waals surface area contributed by atoms with Crippen LogP contribution in [0.4, 0.5) is 26.3 Å². The Bertz CT molecular complexity index is 1070. The van der Waals surface area contributed by atoms with Crippen LogP contribution in [0.1, 0.15) is 68.1 Å². The number of hydrogen-bond acceptors (Lipinski definition) is 2. The molecule has 0 bridgehead atoms. The second-order valence-electron chi connectivity index (χ2n) is 10.5. The molecule has 0 aromatic heterocycles. The van der Waals surface area contributed by atoms with E-state index in [-0.39, 0.29) is 18.2 Å². The van der Waals surface area contributed by atoms with Crippen LogP contribution in [-0.4, -0.2) is 42.6 Å². The summed E-state index contributed by atoms with van der Waals surface area (Å²) in [6.45, 7) is 1.90. The molecule has 2 aliphatic rings. The number of ether oxygens (including phenoxy) is 1. The second-order valence-corrected chi connectivity index (χ2v) is 10.5. The van der Waals surface area contributed by atoms with Crippen molar-refractivity contribution in [2.45, 2.75) is 69.9 Å². The number of rotatable bonds is 9. The van der Waals surface area contributed by atoms with Gasteiger partial charge in [-0.3, -0.25) is 4.79 Å². The van der Waals surface area contributed by atoms with Crippen LogP contribution < -0.4 is 4.74 Å². The van der Waals surface area contributed by atoms with Gasteiger partial charge in [-0.25, -0.2) is 4.39 Å². The van der Waals surface area contributed by atoms with E-state index in [4.69, 9.17) is 4.74 Å². The third kappa shape index (κ3) is 7.03. The molecule has 0 unspecified atom stereocenters. The molecular weight excluding hydrogens is 508 g/mol. The minimum absolute atomic E-state index is 0.136. The average molecular weight is 542 g/mol. The van der Waals surface area contributed by atoms with E-state index < -0.39 is 24.3 Å². The van der Waals surface area contributed by atoms with Crippen molar-refractivity contribution in [3.05, 3.63) is 53.8 Å². The topological polar surface area (TPSA) is 29.5 Å². The molecule has 2 aromatic carbocycles. The molecule has 1 aliphatic heterocycles. The highest BCUT2D eigenvalue weighted by Crippen LogP contribution is 2.40. The van der Waals surface area contributed by atoms with Gasteiger partial charge in [0.2, 0.25) is 0 Å². The summed E-state index contributed by atoms with van der Waals surface area (Å²) >= 11 is 0. The first-order valence-corrected chi connectivity index (χ1v) is 13.3. The zero-order valence-electron chi connectivity index (χ0n) is 21.2. The molecule has 2 aromatic rings. The van der Waals surface area contributed by atoms with E-state index in [9.17, 15) is 31.1 Å². The van der Waals surface area contributed by atoms with Gasteiger partial charge in [0.25, 0.3) is 5.91 Å². The predicted octanol–water partition coefficient (Wildman–Crippen LogP) is 8.28. The van der Waals surface area contributed by atoms with Crippen molar-refractivity contribution in [2.75, 3.05) is 19.7 Å². The molecule has 1 aliphatic carbocycles. The van der Waals surface area contributed by atoms with Gasteiger partial charge in [0.15, 0.2) is 0 Å². The largest absolute Gasteiger partial charge is 0.493 e. The monoisotopic (exact) mass is 541 g/mol. The third-order valence-corrected chi connectivity index (χ3v) is 7.74. The zero-order chi connectivity index (χ0) is 27.3. The lowest BCUT2D eigenvalue weighted by molar-refractivity contribution is -0.284. The van der Waals surface area contributed by atoms with Gasteiger partial charge in [0.1, 0.15) is 11.6 Å². The maximum Gasteiger partial charge on any atom is 0.453 e. The van der Waals surface area contributed by atoms with Gasteiger partial charge in [0.05, 0.1) is 6.61 Å². The van der Waals surface area contributed by atoms with Gasteiger partial charge in [-0.15, -0.1) is 0 Å². The standard InChI is InChI=1S/C29H33F6NO2/c30-26-18-23(27(37)36-16-1-2-17-36)11-14-25(26)22-9-12-24(13-10-22)38-19-21-7-5-20(6-8-21)4-3-15-28(31,32)29(33,34)35/h9-14,18,20-21H,1-8,15-17,19H2. The highest BCUT2D eigenvalue weighted by atomic mass is 19.4. The fourth-order valence-corrected chi connectivity index (χ4v) is 5.37. The van der Waals surface area contributed by atoms with Crippen LogP contribution >= 0.6 is 0 Å². The molecule has 3 nitrogen and oxygen atoms in total. The Balaban J connectivity index is 1.21. The smallest absolute Gasteiger partial charge is 0.453 e. The van der Waals surface area contributed by atoms with Crippen LogP contribution in [0.3, 0.4) is 0 Å². The number of benzene rings is 2. The lowest BCUT2D eigenvalue weighted by atomic mass is 9.80. The Hall–Kier alpha value is -2.71. The van der Waals surface area contributed by atoms with Crippen molar-refractivity contribution in [1.82, 2.24) is 4.90 Å². The number of nitrogens with zero attached hydrogens (tertiary/aromatic N) is 1. The van der Waals surface area contributed by atoms with Crippen LogP contribution in [0.25, 0.3) is 11.1 Å². The number of likely N-dealkylation sites (tertiary alicyclic amines) is 1. The zero-order valence-corrected chi connectivity index (χ0v) is 21.2. The predicted molar refractivity (Wildman–Crippen MR) is 133 cm³/mol. The quantitative estimate of drug-likeness (QED) is 0.299. The number of carbonyl (C=O) groups excluding carboxylic acids is 1. The van der Waals surface area contributed by atoms with E-state index in [1.807, 2.05) is 0 Å². The summed E-state index contributed by atoms with van der Waals surface area (Å²) in [6, 6.07) is 11.6. The minimum atomic E-state index is -5.48. The van der Waals surface area contributed by atoms with Crippen LogP contribution in [0.5, 0.6) is 5.75 Å². The van der Waals surface area contributed by atoms with Crippen LogP contribution in [0.2, 0.25) is 0 Å². The summed E-state index contributed by atoms with van der Waals surface area (Å²) in [7, 11) is 0. The molecule has 0 radical (unpaired) electrons. The van der Waals surface area contributed by atoms with Gasteiger partial charge >= 0.3 is 12.1 Å². The summed E-state index contributed by atoms with van der Waals surface area (Å²) in [4.78, 5) is 14.2. The first kappa shape index (κ1) is 28.3. The summed E-state index contributed by atoms with van der Waals surface area (Å²) in [5.41, 5.74) is 1.43. The summed E-state index contributed by atoms with van der Waals surface area (Å²) < 4.78 is 83.7. The van der Waals surface area contributed by atoms with E-state index in [1.54, 1.807) is 41.3 Å². The molecule has 2 fully saturated rings. The van der Waals surface area contributed by atoms with Crippen molar-refractivity contribution in [3.8, 4) is 16.9 Å². The molecular formula is C29H33F6NO2. The van der Waals surface area contributed by atoms with Gasteiger partial charge in [0, 0.05) is 30.6 Å². The molecule has 0 atom stereocenters. The summed E-state index contributed by atoms with van der Waals surface area (Å²) in [6.07, 6.45) is -1.18. The first-order chi connectivity index (χ1) is 18.0. The molecule has 1 heterocycles. The molecule has 0 N–H and O–H groups in total. The van der Waals surface area contributed by atoms with Crippen molar-refractivity contribution >= 4 is 5.91 Å². The lowest BCUT2D eigenvalue weighted by Gasteiger charge is -2.29. The second kappa shape index (κ2) is 12.0. The van der Waals surface area contributed by atoms with Crippen molar-refractivity contribution in [2.24, 2.45) is 11.8 Å². The fourth-order valence-electron chi connectivity index (χ4n) is 5.37. The molecule has 1 saturated heterocycles. The Kier molecular flexibility index (Phi) is 8.93. The lowest BCUT2D eigenvalue weighted by Crippen LogP contribution is -2.36. The van der Waals surface area contributed by atoms with E-state index in [2.05, 4.69) is 0 Å². The normalized spacial score (nSPS) is 20.5. The van der Waals surface area contributed by atoms with Gasteiger partial charge in [-0.05, 0) is 73.8 Å². The number of halogens is 6. The maximum absolute atomic E-state index is 14.8. The van der Waals surface area contributed by atoms with Crippen molar-refractivity contribution in [3.63, 3.8) is 0 Å². The molecule has 38 heavy (non-hydrogen) atoms. The molecule has 4 rings (SSSR count). The highest BCUT2D eigenvalue weighted by molar-refractivity contribution is 5.95. The average Bonchev–Trinajstić information content (AvgIpc) is 3.42. The van der Waals surface area contributed by atoms with Crippen molar-refractivity contribution < 1.29 is 35.9 Å². The van der Waals surface area contributed by atoms with Crippen LogP contribution in [0, 0.1) is 17.7 Å². The SMILES string of the molecule is O=C(c1ccc(-c2ccc(OCC3CCC(CCCC(F)(F)C(F)(F)F)CC3)cc2)c(F)c1)N1CCCC1. The number of alkyl halides is 5. The third-order valence-electron chi connectivity index (χ3n) is 7.74. The van der Waals surface area contributed by atoms with Crippen molar-refractivity contribution in [1.29, 1.82) is 0 Å². The molecule has 9 heteroatoms. The van der Waals surface area contributed by atoms with Gasteiger partial charge < -0.3 is 9.64 Å². The molecule has 0 spiro atoms. The number of carbonyl (C=O) groups is 1. The van der Waals surface area contributed by atoms with E-state index in [0.29, 0.717) is 54.5 Å². The van der Waals surface area contributed by atoms with E-state index >= 15 is 0 Å². The summed E-state index contributed by atoms with van der Waals surface area (Å²) in [5, 5.41) is 0. The maximum atomic E-state index is 14.8. The highest BCUT2D eigenvalue weighted by Gasteiger charge is 2.56. The Morgan fingerprint density at radius 1 is 0.895 bits per heavy atom. The van der Waals surface area contributed by atoms with E-state index in [1.165, 1.54) is 6.07 Å².